The first kappa shape index (κ1) is 14.8. The van der Waals surface area contributed by atoms with Crippen molar-refractivity contribution in [3.05, 3.63) is 53.6 Å². The Labute approximate surface area is 139 Å². The molecule has 6 heteroatoms. The van der Waals surface area contributed by atoms with Crippen LogP contribution in [-0.2, 0) is 0 Å². The van der Waals surface area contributed by atoms with Crippen LogP contribution in [0, 0.1) is 6.92 Å². The first-order valence-electron chi connectivity index (χ1n) is 8.24. The minimum atomic E-state index is 0.0789. The number of aromatic nitrogens is 4. The smallest absolute Gasteiger partial charge is 0.255 e. The fourth-order valence-electron chi connectivity index (χ4n) is 3.43. The molecule has 4 rings (SSSR count). The van der Waals surface area contributed by atoms with Crippen molar-refractivity contribution >= 4 is 16.9 Å². The van der Waals surface area contributed by atoms with Crippen molar-refractivity contribution in [2.45, 2.75) is 25.7 Å². The number of pyridine rings is 2. The van der Waals surface area contributed by atoms with Gasteiger partial charge in [0.25, 0.3) is 5.91 Å². The van der Waals surface area contributed by atoms with Gasteiger partial charge in [-0.3, -0.25) is 14.9 Å². The van der Waals surface area contributed by atoms with Crippen LogP contribution in [0.3, 0.4) is 0 Å². The Kier molecular flexibility index (Phi) is 3.72. The van der Waals surface area contributed by atoms with Crippen LogP contribution in [0.5, 0.6) is 0 Å². The number of carbonyl (C=O) groups excluding carboxylic acids is 1. The van der Waals surface area contributed by atoms with Gasteiger partial charge >= 0.3 is 0 Å². The SMILES string of the molecule is Cc1ncccc1C(=O)N1CCC(c2[nH]nc3ncccc23)CC1. The lowest BCUT2D eigenvalue weighted by Crippen LogP contribution is -2.38. The van der Waals surface area contributed by atoms with E-state index in [1.54, 1.807) is 12.4 Å². The zero-order valence-corrected chi connectivity index (χ0v) is 13.6. The molecule has 0 unspecified atom stereocenters. The van der Waals surface area contributed by atoms with Gasteiger partial charge in [-0.2, -0.15) is 5.10 Å². The molecule has 122 valence electrons. The first-order chi connectivity index (χ1) is 11.7. The molecular formula is C18H19N5O. The van der Waals surface area contributed by atoms with E-state index in [1.807, 2.05) is 30.0 Å². The molecule has 1 N–H and O–H groups in total. The van der Waals surface area contributed by atoms with E-state index >= 15 is 0 Å². The summed E-state index contributed by atoms with van der Waals surface area (Å²) in [6, 6.07) is 7.66. The Morgan fingerprint density at radius 1 is 1.17 bits per heavy atom. The van der Waals surface area contributed by atoms with Crippen molar-refractivity contribution < 1.29 is 4.79 Å². The van der Waals surface area contributed by atoms with Crippen molar-refractivity contribution in [1.82, 2.24) is 25.1 Å². The summed E-state index contributed by atoms with van der Waals surface area (Å²) >= 11 is 0. The monoisotopic (exact) mass is 321 g/mol. The molecule has 24 heavy (non-hydrogen) atoms. The third-order valence-electron chi connectivity index (χ3n) is 4.79. The van der Waals surface area contributed by atoms with Gasteiger partial charge in [0, 0.05) is 48.2 Å². The van der Waals surface area contributed by atoms with E-state index in [4.69, 9.17) is 0 Å². The number of nitrogens with zero attached hydrogens (tertiary/aromatic N) is 4. The third-order valence-corrected chi connectivity index (χ3v) is 4.79. The summed E-state index contributed by atoms with van der Waals surface area (Å²) in [6.07, 6.45) is 5.33. The molecule has 3 aromatic heterocycles. The second-order valence-electron chi connectivity index (χ2n) is 6.21. The van der Waals surface area contributed by atoms with E-state index in [9.17, 15) is 4.79 Å². The maximum absolute atomic E-state index is 12.7. The number of aromatic amines is 1. The van der Waals surface area contributed by atoms with Crippen LogP contribution in [0.25, 0.3) is 11.0 Å². The lowest BCUT2D eigenvalue weighted by atomic mass is 9.91. The van der Waals surface area contributed by atoms with E-state index in [0.29, 0.717) is 11.5 Å². The van der Waals surface area contributed by atoms with Gasteiger partial charge in [-0.1, -0.05) is 0 Å². The van der Waals surface area contributed by atoms with Crippen LogP contribution in [0.4, 0.5) is 0 Å². The standard InChI is InChI=1S/C18H19N5O/c1-12-14(4-2-8-19-12)18(24)23-10-6-13(7-11-23)16-15-5-3-9-20-17(15)22-21-16/h2-5,8-9,13H,6-7,10-11H2,1H3,(H,20,21,22). The Balaban J connectivity index is 1.49. The van der Waals surface area contributed by atoms with Gasteiger partial charge in [0.05, 0.1) is 5.56 Å². The van der Waals surface area contributed by atoms with E-state index in [2.05, 4.69) is 26.2 Å². The number of hydrogen-bond donors (Lipinski definition) is 1. The third kappa shape index (κ3) is 2.54. The van der Waals surface area contributed by atoms with Crippen LogP contribution >= 0.6 is 0 Å². The average molecular weight is 321 g/mol. The minimum absolute atomic E-state index is 0.0789. The second kappa shape index (κ2) is 6.03. The van der Waals surface area contributed by atoms with Crippen LogP contribution in [0.2, 0.25) is 0 Å². The summed E-state index contributed by atoms with van der Waals surface area (Å²) in [4.78, 5) is 23.1. The molecular weight excluding hydrogens is 302 g/mol. The lowest BCUT2D eigenvalue weighted by Gasteiger charge is -2.32. The van der Waals surface area contributed by atoms with Gasteiger partial charge in [0.1, 0.15) is 0 Å². The molecule has 0 radical (unpaired) electrons. The van der Waals surface area contributed by atoms with Crippen LogP contribution in [0.1, 0.15) is 40.5 Å². The maximum Gasteiger partial charge on any atom is 0.255 e. The van der Waals surface area contributed by atoms with Crippen LogP contribution in [-0.4, -0.2) is 44.1 Å². The zero-order chi connectivity index (χ0) is 16.5. The Morgan fingerprint density at radius 3 is 2.71 bits per heavy atom. The Morgan fingerprint density at radius 2 is 1.92 bits per heavy atom. The predicted molar refractivity (Wildman–Crippen MR) is 90.7 cm³/mol. The fraction of sp³-hybridized carbons (Fsp3) is 0.333. The summed E-state index contributed by atoms with van der Waals surface area (Å²) in [7, 11) is 0. The number of aryl methyl sites for hydroxylation is 1. The summed E-state index contributed by atoms with van der Waals surface area (Å²) in [5, 5.41) is 8.51. The number of hydrogen-bond acceptors (Lipinski definition) is 4. The summed E-state index contributed by atoms with van der Waals surface area (Å²) in [5.74, 6) is 0.466. The van der Waals surface area contributed by atoms with Crippen molar-refractivity contribution in [1.29, 1.82) is 0 Å². The Hall–Kier alpha value is -2.76. The van der Waals surface area contributed by atoms with Gasteiger partial charge in [0.15, 0.2) is 5.65 Å². The second-order valence-corrected chi connectivity index (χ2v) is 6.21. The van der Waals surface area contributed by atoms with E-state index in [1.165, 1.54) is 0 Å². The molecule has 6 nitrogen and oxygen atoms in total. The Bertz CT molecular complexity index is 880. The number of nitrogens with one attached hydrogen (secondary N) is 1. The molecule has 3 aromatic rings. The van der Waals surface area contributed by atoms with Crippen molar-refractivity contribution in [2.24, 2.45) is 0 Å². The van der Waals surface area contributed by atoms with Crippen molar-refractivity contribution in [2.75, 3.05) is 13.1 Å². The molecule has 1 aliphatic heterocycles. The summed E-state index contributed by atoms with van der Waals surface area (Å²) in [6.45, 7) is 3.38. The van der Waals surface area contributed by atoms with Gasteiger partial charge in [-0.25, -0.2) is 4.98 Å². The summed E-state index contributed by atoms with van der Waals surface area (Å²) in [5.41, 5.74) is 3.39. The zero-order valence-electron chi connectivity index (χ0n) is 13.6. The molecule has 0 aliphatic carbocycles. The van der Waals surface area contributed by atoms with Gasteiger partial charge < -0.3 is 4.90 Å². The predicted octanol–water partition coefficient (Wildman–Crippen LogP) is 2.68. The molecule has 0 atom stereocenters. The number of amides is 1. The molecule has 1 aliphatic rings. The number of piperidine rings is 1. The van der Waals surface area contributed by atoms with Crippen LogP contribution < -0.4 is 0 Å². The number of carbonyl (C=O) groups is 1. The number of H-pyrrole nitrogens is 1. The quantitative estimate of drug-likeness (QED) is 0.787. The number of fused-ring (bicyclic) bond motifs is 1. The summed E-state index contributed by atoms with van der Waals surface area (Å²) < 4.78 is 0. The van der Waals surface area contributed by atoms with Gasteiger partial charge in [-0.05, 0) is 44.0 Å². The highest BCUT2D eigenvalue weighted by atomic mass is 16.2. The lowest BCUT2D eigenvalue weighted by molar-refractivity contribution is 0.0711. The fourth-order valence-corrected chi connectivity index (χ4v) is 3.43. The number of rotatable bonds is 2. The average Bonchev–Trinajstić information content (AvgIpc) is 3.06. The highest BCUT2D eigenvalue weighted by molar-refractivity contribution is 5.95. The van der Waals surface area contributed by atoms with Gasteiger partial charge in [0.2, 0.25) is 0 Å². The molecule has 1 saturated heterocycles. The van der Waals surface area contributed by atoms with Crippen molar-refractivity contribution in [3.8, 4) is 0 Å². The van der Waals surface area contributed by atoms with Crippen LogP contribution in [0.15, 0.2) is 36.7 Å². The largest absolute Gasteiger partial charge is 0.339 e. The molecule has 1 fully saturated rings. The van der Waals surface area contributed by atoms with Gasteiger partial charge in [-0.15, -0.1) is 0 Å². The topological polar surface area (TPSA) is 74.8 Å². The molecule has 0 aromatic carbocycles. The van der Waals surface area contributed by atoms with E-state index < -0.39 is 0 Å². The highest BCUT2D eigenvalue weighted by Gasteiger charge is 2.27. The van der Waals surface area contributed by atoms with Crippen molar-refractivity contribution in [3.63, 3.8) is 0 Å². The minimum Gasteiger partial charge on any atom is -0.339 e. The maximum atomic E-state index is 12.7. The van der Waals surface area contributed by atoms with E-state index in [0.717, 1.165) is 48.4 Å². The molecule has 0 spiro atoms. The van der Waals surface area contributed by atoms with E-state index in [-0.39, 0.29) is 5.91 Å². The first-order valence-corrected chi connectivity index (χ1v) is 8.24. The molecule has 0 saturated carbocycles. The molecule has 0 bridgehead atoms. The number of likely N-dealkylation sites (tertiary alicyclic amines) is 1. The normalized spacial score (nSPS) is 15.8. The molecule has 1 amide bonds. The molecule has 4 heterocycles. The highest BCUT2D eigenvalue weighted by Crippen LogP contribution is 2.31.